The summed E-state index contributed by atoms with van der Waals surface area (Å²) in [7, 11) is 0. The van der Waals surface area contributed by atoms with E-state index in [1.165, 1.54) is 35.2 Å². The third-order valence-electron chi connectivity index (χ3n) is 5.25. The molecule has 0 bridgehead atoms. The van der Waals surface area contributed by atoms with Crippen molar-refractivity contribution >= 4 is 60.6 Å². The molecule has 1 heterocycles. The Morgan fingerprint density at radius 1 is 1.08 bits per heavy atom. The molecule has 190 valence electrons. The fourth-order valence-electron chi connectivity index (χ4n) is 3.49. The van der Waals surface area contributed by atoms with E-state index in [-0.39, 0.29) is 12.2 Å². The summed E-state index contributed by atoms with van der Waals surface area (Å²) in [4.78, 5) is 30.5. The van der Waals surface area contributed by atoms with Gasteiger partial charge in [-0.25, -0.2) is 9.37 Å². The van der Waals surface area contributed by atoms with Crippen molar-refractivity contribution in [3.8, 4) is 5.75 Å². The summed E-state index contributed by atoms with van der Waals surface area (Å²) < 4.78 is 21.7. The van der Waals surface area contributed by atoms with Crippen LogP contribution in [-0.4, -0.2) is 28.4 Å². The number of hydrogen-bond donors (Lipinski definition) is 1. The van der Waals surface area contributed by atoms with E-state index in [4.69, 9.17) is 9.72 Å². The topological polar surface area (TPSA) is 85.6 Å². The second-order valence-corrected chi connectivity index (χ2v) is 11.1. The minimum absolute atomic E-state index is 0.279. The number of halogens is 3. The number of carbonyl (C=O) groups is 1. The molecule has 0 unspecified atom stereocenters. The molecule has 4 rings (SSSR count). The van der Waals surface area contributed by atoms with Crippen LogP contribution in [0.5, 0.6) is 5.75 Å². The molecule has 0 aliphatic rings. The highest BCUT2D eigenvalue weighted by molar-refractivity contribution is 9.10. The number of fused-ring (bicyclic) bond motifs is 1. The lowest BCUT2D eigenvalue weighted by molar-refractivity contribution is -0.118. The summed E-state index contributed by atoms with van der Waals surface area (Å²) in [6.07, 6.45) is 1.50. The zero-order valence-electron chi connectivity index (χ0n) is 20.3. The highest BCUT2D eigenvalue weighted by Gasteiger charge is 2.23. The van der Waals surface area contributed by atoms with Gasteiger partial charge in [-0.15, -0.1) is 0 Å². The van der Waals surface area contributed by atoms with E-state index >= 15 is 0 Å². The van der Waals surface area contributed by atoms with Gasteiger partial charge in [-0.3, -0.25) is 9.59 Å². The molecule has 4 aromatic rings. The third kappa shape index (κ3) is 6.50. The number of ether oxygens (including phenoxy) is 1. The first-order chi connectivity index (χ1) is 17.5. The first-order valence-electron chi connectivity index (χ1n) is 11.3. The predicted molar refractivity (Wildman–Crippen MR) is 150 cm³/mol. The Bertz CT molecular complexity index is 1560. The van der Waals surface area contributed by atoms with E-state index in [0.29, 0.717) is 33.7 Å². The van der Waals surface area contributed by atoms with Gasteiger partial charge in [-0.2, -0.15) is 9.78 Å². The number of aromatic nitrogens is 2. The molecule has 0 aliphatic carbocycles. The largest absolute Gasteiger partial charge is 0.483 e. The van der Waals surface area contributed by atoms with Crippen molar-refractivity contribution in [2.45, 2.75) is 26.2 Å². The van der Waals surface area contributed by atoms with Crippen molar-refractivity contribution in [3.63, 3.8) is 0 Å². The molecule has 0 saturated heterocycles. The summed E-state index contributed by atoms with van der Waals surface area (Å²) in [6.45, 7) is 5.59. The van der Waals surface area contributed by atoms with Crippen LogP contribution in [0.4, 0.5) is 10.1 Å². The quantitative estimate of drug-likeness (QED) is 0.255. The van der Waals surface area contributed by atoms with Crippen LogP contribution in [0.3, 0.4) is 0 Å². The molecule has 0 saturated carbocycles. The lowest BCUT2D eigenvalue weighted by Crippen LogP contribution is -2.29. The maximum Gasteiger partial charge on any atom is 0.282 e. The molecule has 7 nitrogen and oxygen atoms in total. The van der Waals surface area contributed by atoms with E-state index in [1.54, 1.807) is 30.3 Å². The van der Waals surface area contributed by atoms with Gasteiger partial charge in [0.2, 0.25) is 0 Å². The van der Waals surface area contributed by atoms with E-state index in [9.17, 15) is 14.0 Å². The smallest absolute Gasteiger partial charge is 0.282 e. The molecule has 0 spiro atoms. The number of rotatable bonds is 6. The Morgan fingerprint density at radius 2 is 1.76 bits per heavy atom. The van der Waals surface area contributed by atoms with E-state index < -0.39 is 17.1 Å². The van der Waals surface area contributed by atoms with Crippen LogP contribution in [-0.2, 0) is 10.2 Å². The molecule has 0 atom stereocenters. The number of benzene rings is 3. The number of amides is 1. The Labute approximate surface area is 229 Å². The number of anilines is 1. The number of nitrogens with one attached hydrogen (secondary N) is 1. The van der Waals surface area contributed by atoms with Crippen LogP contribution in [0.15, 0.2) is 79.5 Å². The molecule has 10 heteroatoms. The van der Waals surface area contributed by atoms with Gasteiger partial charge in [0.15, 0.2) is 6.61 Å². The Kier molecular flexibility index (Phi) is 7.89. The van der Waals surface area contributed by atoms with Crippen molar-refractivity contribution in [3.05, 3.63) is 97.2 Å². The van der Waals surface area contributed by atoms with Crippen molar-refractivity contribution in [1.29, 1.82) is 0 Å². The van der Waals surface area contributed by atoms with Crippen LogP contribution in [0.2, 0.25) is 0 Å². The molecule has 37 heavy (non-hydrogen) atoms. The number of hydrogen-bond acceptors (Lipinski definition) is 5. The highest BCUT2D eigenvalue weighted by atomic mass is 79.9. The second kappa shape index (κ2) is 10.9. The molecule has 3 aromatic carbocycles. The van der Waals surface area contributed by atoms with Crippen LogP contribution < -0.4 is 15.6 Å². The van der Waals surface area contributed by atoms with Crippen molar-refractivity contribution in [2.75, 3.05) is 11.9 Å². The average molecular weight is 630 g/mol. The maximum atomic E-state index is 13.4. The van der Waals surface area contributed by atoms with Gasteiger partial charge in [0.1, 0.15) is 17.4 Å². The first kappa shape index (κ1) is 26.7. The van der Waals surface area contributed by atoms with Crippen LogP contribution in [0, 0.1) is 5.82 Å². The van der Waals surface area contributed by atoms with Gasteiger partial charge < -0.3 is 10.1 Å². The molecule has 1 N–H and O–H groups in total. The number of carbonyl (C=O) groups excluding carboxylic acids is 1. The van der Waals surface area contributed by atoms with Crippen molar-refractivity contribution in [1.82, 2.24) is 9.66 Å². The molecule has 0 aliphatic heterocycles. The SMILES string of the molecule is CC(C)(C)c1nc2ccc(Br)cc2c(=O)n1N=Cc1cc(Br)ccc1OCC(=O)Nc1ccc(F)cc1. The zero-order chi connectivity index (χ0) is 26.7. The predicted octanol–water partition coefficient (Wildman–Crippen LogP) is 6.26. The fourth-order valence-corrected chi connectivity index (χ4v) is 4.23. The van der Waals surface area contributed by atoms with Crippen molar-refractivity contribution in [2.24, 2.45) is 5.10 Å². The van der Waals surface area contributed by atoms with Gasteiger partial charge in [0, 0.05) is 25.6 Å². The van der Waals surface area contributed by atoms with Crippen molar-refractivity contribution < 1.29 is 13.9 Å². The molecule has 1 amide bonds. The van der Waals surface area contributed by atoms with E-state index in [0.717, 1.165) is 8.95 Å². The lowest BCUT2D eigenvalue weighted by atomic mass is 9.95. The molecule has 1 aromatic heterocycles. The summed E-state index contributed by atoms with van der Waals surface area (Å²) in [5.41, 5.74) is 0.821. The van der Waals surface area contributed by atoms with Crippen LogP contribution >= 0.6 is 31.9 Å². The summed E-state index contributed by atoms with van der Waals surface area (Å²) >= 11 is 6.85. The molecule has 0 radical (unpaired) electrons. The van der Waals surface area contributed by atoms with Gasteiger partial charge >= 0.3 is 0 Å². The fraction of sp³-hybridized carbons (Fsp3) is 0.185. The first-order valence-corrected chi connectivity index (χ1v) is 12.8. The summed E-state index contributed by atoms with van der Waals surface area (Å²) in [6, 6.07) is 16.0. The van der Waals surface area contributed by atoms with Crippen LogP contribution in [0.1, 0.15) is 32.2 Å². The second-order valence-electron chi connectivity index (χ2n) is 9.23. The summed E-state index contributed by atoms with van der Waals surface area (Å²) in [5.74, 6) is 0.0896. The maximum absolute atomic E-state index is 13.4. The molecular formula is C27H23Br2FN4O3. The standard InChI is InChI=1S/C27H23Br2FN4O3/c1-27(2,3)26-33-22-10-4-18(29)13-21(22)25(36)34(26)31-14-16-12-17(28)5-11-23(16)37-15-24(35)32-20-8-6-19(30)7-9-20/h4-14H,15H2,1-3H3,(H,32,35). The van der Waals surface area contributed by atoms with Gasteiger partial charge in [-0.1, -0.05) is 52.6 Å². The molecular weight excluding hydrogens is 607 g/mol. The van der Waals surface area contributed by atoms with E-state index in [2.05, 4.69) is 42.3 Å². The number of nitrogens with zero attached hydrogens (tertiary/aromatic N) is 3. The zero-order valence-corrected chi connectivity index (χ0v) is 23.4. The normalized spacial score (nSPS) is 11.7. The lowest BCUT2D eigenvalue weighted by Gasteiger charge is -2.21. The van der Waals surface area contributed by atoms with Gasteiger partial charge in [-0.05, 0) is 60.7 Å². The minimum atomic E-state index is -0.465. The minimum Gasteiger partial charge on any atom is -0.483 e. The third-order valence-corrected chi connectivity index (χ3v) is 6.24. The Balaban J connectivity index is 1.64. The Hall–Kier alpha value is -3.37. The van der Waals surface area contributed by atoms with Gasteiger partial charge in [0.25, 0.3) is 11.5 Å². The summed E-state index contributed by atoms with van der Waals surface area (Å²) in [5, 5.41) is 7.57. The molecule has 0 fully saturated rings. The highest BCUT2D eigenvalue weighted by Crippen LogP contribution is 2.25. The van der Waals surface area contributed by atoms with Gasteiger partial charge in [0.05, 0.1) is 17.1 Å². The Morgan fingerprint density at radius 3 is 2.46 bits per heavy atom. The monoisotopic (exact) mass is 628 g/mol. The average Bonchev–Trinajstić information content (AvgIpc) is 2.84. The van der Waals surface area contributed by atoms with E-state index in [1.807, 2.05) is 26.8 Å². The van der Waals surface area contributed by atoms with Crippen LogP contribution in [0.25, 0.3) is 10.9 Å².